The average Bonchev–Trinajstić information content (AvgIpc) is 2.99. The summed E-state index contributed by atoms with van der Waals surface area (Å²) in [5.74, 6) is -0.580. The molecular formula is C15H19NO3. The van der Waals surface area contributed by atoms with Gasteiger partial charge in [0.2, 0.25) is 0 Å². The van der Waals surface area contributed by atoms with Crippen LogP contribution in [0.5, 0.6) is 0 Å². The van der Waals surface area contributed by atoms with Crippen molar-refractivity contribution in [1.82, 2.24) is 0 Å². The molecule has 102 valence electrons. The first-order valence-corrected chi connectivity index (χ1v) is 6.44. The number of anilines is 1. The maximum Gasteiger partial charge on any atom is 0.336 e. The largest absolute Gasteiger partial charge is 0.466 e. The van der Waals surface area contributed by atoms with Gasteiger partial charge in [-0.2, -0.15) is 0 Å². The highest BCUT2D eigenvalue weighted by molar-refractivity contribution is 5.89. The highest BCUT2D eigenvalue weighted by atomic mass is 16.5. The fourth-order valence-electron chi connectivity index (χ4n) is 2.40. The summed E-state index contributed by atoms with van der Waals surface area (Å²) in [6, 6.07) is 7.58. The minimum absolute atomic E-state index is 0.0640. The Morgan fingerprint density at radius 2 is 2.00 bits per heavy atom. The molecule has 1 aromatic rings. The minimum Gasteiger partial charge on any atom is -0.466 e. The Bertz CT molecular complexity index is 478. The van der Waals surface area contributed by atoms with Gasteiger partial charge in [0.25, 0.3) is 0 Å². The highest BCUT2D eigenvalue weighted by Gasteiger charge is 2.24. The van der Waals surface area contributed by atoms with Gasteiger partial charge >= 0.3 is 5.97 Å². The summed E-state index contributed by atoms with van der Waals surface area (Å²) in [4.78, 5) is 13.7. The van der Waals surface area contributed by atoms with Crippen LogP contribution in [0.2, 0.25) is 0 Å². The number of methoxy groups -OCH3 is 1. The molecule has 0 spiro atoms. The van der Waals surface area contributed by atoms with Crippen LogP contribution in [-0.4, -0.2) is 31.3 Å². The van der Waals surface area contributed by atoms with Crippen LogP contribution in [0.4, 0.5) is 5.69 Å². The number of benzene rings is 1. The SMILES string of the molecule is C=C(C(=O)OC)C(O)c1ccccc1N1CCCC1. The molecule has 1 heterocycles. The van der Waals surface area contributed by atoms with Gasteiger partial charge in [0.05, 0.1) is 12.7 Å². The molecule has 1 unspecified atom stereocenters. The summed E-state index contributed by atoms with van der Waals surface area (Å²) in [7, 11) is 1.28. The molecule has 1 N–H and O–H groups in total. The van der Waals surface area contributed by atoms with Crippen molar-refractivity contribution in [2.75, 3.05) is 25.1 Å². The van der Waals surface area contributed by atoms with E-state index in [1.165, 1.54) is 7.11 Å². The van der Waals surface area contributed by atoms with Crippen LogP contribution >= 0.6 is 0 Å². The molecule has 4 heteroatoms. The molecule has 0 aromatic heterocycles. The fraction of sp³-hybridized carbons (Fsp3) is 0.400. The van der Waals surface area contributed by atoms with Crippen LogP contribution in [0.15, 0.2) is 36.4 Å². The molecule has 1 fully saturated rings. The van der Waals surface area contributed by atoms with Gasteiger partial charge in [-0.3, -0.25) is 0 Å². The third-order valence-electron chi connectivity index (χ3n) is 3.46. The van der Waals surface area contributed by atoms with Crippen molar-refractivity contribution < 1.29 is 14.6 Å². The Balaban J connectivity index is 2.28. The van der Waals surface area contributed by atoms with Crippen LogP contribution in [-0.2, 0) is 9.53 Å². The van der Waals surface area contributed by atoms with Gasteiger partial charge in [0.15, 0.2) is 0 Å². The standard InChI is InChI=1S/C15H19NO3/c1-11(15(18)19-2)14(17)12-7-3-4-8-13(12)16-9-5-6-10-16/h3-4,7-8,14,17H,1,5-6,9-10H2,2H3. The van der Waals surface area contributed by atoms with Crippen LogP contribution in [0, 0.1) is 0 Å². The van der Waals surface area contributed by atoms with E-state index in [4.69, 9.17) is 0 Å². The maximum absolute atomic E-state index is 11.5. The van der Waals surface area contributed by atoms with Crippen molar-refractivity contribution >= 4 is 11.7 Å². The molecule has 1 aliphatic heterocycles. The number of rotatable bonds is 4. The Morgan fingerprint density at radius 3 is 2.63 bits per heavy atom. The lowest BCUT2D eigenvalue weighted by Crippen LogP contribution is -2.21. The second kappa shape index (κ2) is 5.89. The summed E-state index contributed by atoms with van der Waals surface area (Å²) in [6.45, 7) is 5.59. The van der Waals surface area contributed by atoms with Gasteiger partial charge in [0, 0.05) is 24.3 Å². The predicted molar refractivity (Wildman–Crippen MR) is 74.0 cm³/mol. The Hall–Kier alpha value is -1.81. The Morgan fingerprint density at radius 1 is 1.37 bits per heavy atom. The molecular weight excluding hydrogens is 242 g/mol. The lowest BCUT2D eigenvalue weighted by atomic mass is 10.0. The van der Waals surface area contributed by atoms with Crippen LogP contribution in [0.1, 0.15) is 24.5 Å². The summed E-state index contributed by atoms with van der Waals surface area (Å²) in [6.07, 6.45) is 1.29. The number of para-hydroxylation sites is 1. The number of ether oxygens (including phenoxy) is 1. The van der Waals surface area contributed by atoms with E-state index in [0.717, 1.165) is 31.6 Å². The van der Waals surface area contributed by atoms with Crippen molar-refractivity contribution in [2.24, 2.45) is 0 Å². The number of carbonyl (C=O) groups excluding carboxylic acids is 1. The number of carbonyl (C=O) groups is 1. The summed E-state index contributed by atoms with van der Waals surface area (Å²) in [5, 5.41) is 10.3. The normalized spacial score (nSPS) is 16.2. The molecule has 0 radical (unpaired) electrons. The molecule has 1 atom stereocenters. The van der Waals surface area contributed by atoms with Gasteiger partial charge in [-0.1, -0.05) is 24.8 Å². The van der Waals surface area contributed by atoms with E-state index in [9.17, 15) is 9.90 Å². The van der Waals surface area contributed by atoms with Gasteiger partial charge < -0.3 is 14.7 Å². The monoisotopic (exact) mass is 261 g/mol. The van der Waals surface area contributed by atoms with Crippen molar-refractivity contribution in [3.05, 3.63) is 42.0 Å². The van der Waals surface area contributed by atoms with E-state index < -0.39 is 12.1 Å². The fourth-order valence-corrected chi connectivity index (χ4v) is 2.40. The second-order valence-corrected chi connectivity index (χ2v) is 4.67. The number of aliphatic hydroxyl groups is 1. The third-order valence-corrected chi connectivity index (χ3v) is 3.46. The number of nitrogens with zero attached hydrogens (tertiary/aromatic N) is 1. The number of aliphatic hydroxyl groups excluding tert-OH is 1. The summed E-state index contributed by atoms with van der Waals surface area (Å²) < 4.78 is 4.61. The molecule has 0 aliphatic carbocycles. The molecule has 2 rings (SSSR count). The van der Waals surface area contributed by atoms with Crippen LogP contribution < -0.4 is 4.90 Å². The van der Waals surface area contributed by atoms with E-state index in [1.807, 2.05) is 24.3 Å². The van der Waals surface area contributed by atoms with E-state index >= 15 is 0 Å². The smallest absolute Gasteiger partial charge is 0.336 e. The predicted octanol–water partition coefficient (Wildman–Crippen LogP) is 2.05. The zero-order valence-corrected chi connectivity index (χ0v) is 11.1. The van der Waals surface area contributed by atoms with Gasteiger partial charge in [-0.25, -0.2) is 4.79 Å². The van der Waals surface area contributed by atoms with Gasteiger partial charge in [0.1, 0.15) is 6.10 Å². The number of hydrogen-bond donors (Lipinski definition) is 1. The first kappa shape index (κ1) is 13.6. The summed E-state index contributed by atoms with van der Waals surface area (Å²) in [5.41, 5.74) is 1.74. The van der Waals surface area contributed by atoms with Gasteiger partial charge in [-0.15, -0.1) is 0 Å². The molecule has 1 aromatic carbocycles. The van der Waals surface area contributed by atoms with E-state index in [-0.39, 0.29) is 5.57 Å². The van der Waals surface area contributed by atoms with Gasteiger partial charge in [-0.05, 0) is 18.9 Å². The third kappa shape index (κ3) is 2.79. The molecule has 19 heavy (non-hydrogen) atoms. The quantitative estimate of drug-likeness (QED) is 0.665. The number of esters is 1. The number of hydrogen-bond acceptors (Lipinski definition) is 4. The Kier molecular flexibility index (Phi) is 4.22. The molecule has 1 aliphatic rings. The first-order valence-electron chi connectivity index (χ1n) is 6.44. The topological polar surface area (TPSA) is 49.8 Å². The molecule has 0 amide bonds. The van der Waals surface area contributed by atoms with Crippen molar-refractivity contribution in [3.8, 4) is 0 Å². The minimum atomic E-state index is -1.02. The average molecular weight is 261 g/mol. The zero-order valence-electron chi connectivity index (χ0n) is 11.1. The molecule has 0 bridgehead atoms. The molecule has 1 saturated heterocycles. The first-order chi connectivity index (χ1) is 9.15. The van der Waals surface area contributed by atoms with E-state index in [1.54, 1.807) is 0 Å². The van der Waals surface area contributed by atoms with Crippen LogP contribution in [0.3, 0.4) is 0 Å². The van der Waals surface area contributed by atoms with E-state index in [0.29, 0.717) is 5.56 Å². The lowest BCUT2D eigenvalue weighted by molar-refractivity contribution is -0.137. The lowest BCUT2D eigenvalue weighted by Gasteiger charge is -2.24. The zero-order chi connectivity index (χ0) is 13.8. The molecule has 0 saturated carbocycles. The van der Waals surface area contributed by atoms with E-state index in [2.05, 4.69) is 16.2 Å². The molecule has 4 nitrogen and oxygen atoms in total. The highest BCUT2D eigenvalue weighted by Crippen LogP contribution is 2.32. The second-order valence-electron chi connectivity index (χ2n) is 4.67. The maximum atomic E-state index is 11.5. The Labute approximate surface area is 113 Å². The van der Waals surface area contributed by atoms with Crippen LogP contribution in [0.25, 0.3) is 0 Å². The van der Waals surface area contributed by atoms with Crippen molar-refractivity contribution in [3.63, 3.8) is 0 Å². The summed E-state index contributed by atoms with van der Waals surface area (Å²) >= 11 is 0. The van der Waals surface area contributed by atoms with Crippen molar-refractivity contribution in [1.29, 1.82) is 0 Å². The van der Waals surface area contributed by atoms with Crippen molar-refractivity contribution in [2.45, 2.75) is 18.9 Å².